The van der Waals surface area contributed by atoms with Crippen LogP contribution in [-0.4, -0.2) is 19.4 Å². The summed E-state index contributed by atoms with van der Waals surface area (Å²) in [5.74, 6) is 0.554. The van der Waals surface area contributed by atoms with E-state index < -0.39 is 0 Å². The molecular formula is C16H24O3. The number of esters is 1. The summed E-state index contributed by atoms with van der Waals surface area (Å²) in [6, 6.07) is 0. The van der Waals surface area contributed by atoms with Crippen LogP contribution in [0.5, 0.6) is 0 Å². The van der Waals surface area contributed by atoms with Crippen LogP contribution in [0.1, 0.15) is 46.5 Å². The number of carbonyl (C=O) groups excluding carboxylic acids is 1. The highest BCUT2D eigenvalue weighted by atomic mass is 16.7. The average Bonchev–Trinajstić information content (AvgIpc) is 2.66. The molecule has 0 aromatic heterocycles. The van der Waals surface area contributed by atoms with Crippen LogP contribution in [0.4, 0.5) is 0 Å². The van der Waals surface area contributed by atoms with Crippen molar-refractivity contribution in [1.82, 2.24) is 0 Å². The highest BCUT2D eigenvalue weighted by Gasteiger charge is 2.59. The van der Waals surface area contributed by atoms with E-state index in [1.165, 1.54) is 19.3 Å². The standard InChI is InChI=1S/C16H24O3/c1-15(2)8-5-9-16(3)11(15)7-6-10-12(16)14(18-4)19-13(10)17/h6,11-12,14H,5,7-9H2,1-4H3/t11-,12+,14+,16-/m0/s1. The topological polar surface area (TPSA) is 35.5 Å². The molecule has 0 amide bonds. The summed E-state index contributed by atoms with van der Waals surface area (Å²) in [4.78, 5) is 12.0. The Morgan fingerprint density at radius 3 is 2.74 bits per heavy atom. The molecule has 19 heavy (non-hydrogen) atoms. The van der Waals surface area contributed by atoms with Gasteiger partial charge in [-0.3, -0.25) is 0 Å². The lowest BCUT2D eigenvalue weighted by molar-refractivity contribution is -0.174. The number of methoxy groups -OCH3 is 1. The van der Waals surface area contributed by atoms with Gasteiger partial charge < -0.3 is 9.47 Å². The Kier molecular flexibility index (Phi) is 2.83. The molecule has 1 saturated carbocycles. The van der Waals surface area contributed by atoms with Crippen molar-refractivity contribution in [2.45, 2.75) is 52.7 Å². The minimum absolute atomic E-state index is 0.114. The van der Waals surface area contributed by atoms with Crippen molar-refractivity contribution in [3.05, 3.63) is 11.6 Å². The Labute approximate surface area is 115 Å². The first-order valence-electron chi connectivity index (χ1n) is 7.34. The van der Waals surface area contributed by atoms with Gasteiger partial charge >= 0.3 is 5.97 Å². The fourth-order valence-corrected chi connectivity index (χ4v) is 4.95. The lowest BCUT2D eigenvalue weighted by Gasteiger charge is -2.55. The van der Waals surface area contributed by atoms with Gasteiger partial charge in [-0.25, -0.2) is 4.79 Å². The number of cyclic esters (lactones) is 1. The van der Waals surface area contributed by atoms with Crippen LogP contribution < -0.4 is 0 Å². The number of allylic oxidation sites excluding steroid dienone is 1. The van der Waals surface area contributed by atoms with Crippen LogP contribution in [-0.2, 0) is 14.3 Å². The maximum atomic E-state index is 12.0. The first-order valence-corrected chi connectivity index (χ1v) is 7.34. The molecule has 3 aliphatic rings. The molecule has 2 fully saturated rings. The lowest BCUT2D eigenvalue weighted by atomic mass is 9.49. The number of rotatable bonds is 1. The normalized spacial score (nSPS) is 44.1. The minimum Gasteiger partial charge on any atom is -0.432 e. The molecule has 3 heteroatoms. The van der Waals surface area contributed by atoms with Crippen LogP contribution in [0.25, 0.3) is 0 Å². The van der Waals surface area contributed by atoms with E-state index in [-0.39, 0.29) is 23.6 Å². The van der Waals surface area contributed by atoms with Gasteiger partial charge in [-0.2, -0.15) is 0 Å². The van der Waals surface area contributed by atoms with Crippen molar-refractivity contribution >= 4 is 5.97 Å². The zero-order valence-corrected chi connectivity index (χ0v) is 12.4. The zero-order valence-electron chi connectivity index (χ0n) is 12.4. The molecule has 0 spiro atoms. The number of ether oxygens (including phenoxy) is 2. The summed E-state index contributed by atoms with van der Waals surface area (Å²) in [7, 11) is 1.64. The van der Waals surface area contributed by atoms with Crippen LogP contribution in [0.2, 0.25) is 0 Å². The quantitative estimate of drug-likeness (QED) is 0.682. The van der Waals surface area contributed by atoms with Gasteiger partial charge in [0.1, 0.15) is 0 Å². The van der Waals surface area contributed by atoms with Crippen molar-refractivity contribution in [1.29, 1.82) is 0 Å². The number of carbonyl (C=O) groups is 1. The van der Waals surface area contributed by atoms with E-state index in [4.69, 9.17) is 9.47 Å². The third-order valence-corrected chi connectivity index (χ3v) is 5.86. The van der Waals surface area contributed by atoms with Crippen molar-refractivity contribution in [2.75, 3.05) is 7.11 Å². The molecule has 1 aliphatic heterocycles. The molecular weight excluding hydrogens is 240 g/mol. The van der Waals surface area contributed by atoms with E-state index in [2.05, 4.69) is 26.8 Å². The van der Waals surface area contributed by atoms with Crippen molar-refractivity contribution < 1.29 is 14.3 Å². The average molecular weight is 264 g/mol. The molecule has 1 saturated heterocycles. The second-order valence-corrected chi connectivity index (χ2v) is 7.28. The van der Waals surface area contributed by atoms with Crippen LogP contribution in [0.15, 0.2) is 11.6 Å². The highest BCUT2D eigenvalue weighted by molar-refractivity contribution is 5.91. The molecule has 0 radical (unpaired) electrons. The molecule has 0 aromatic carbocycles. The number of hydrogen-bond acceptors (Lipinski definition) is 3. The third kappa shape index (κ3) is 1.70. The molecule has 0 aromatic rings. The van der Waals surface area contributed by atoms with Gasteiger partial charge in [0, 0.05) is 12.7 Å². The molecule has 3 nitrogen and oxygen atoms in total. The Morgan fingerprint density at radius 1 is 1.32 bits per heavy atom. The largest absolute Gasteiger partial charge is 0.432 e. The van der Waals surface area contributed by atoms with Crippen LogP contribution in [0.3, 0.4) is 0 Å². The van der Waals surface area contributed by atoms with Gasteiger partial charge in [0.2, 0.25) is 6.29 Å². The summed E-state index contributed by atoms with van der Waals surface area (Å²) >= 11 is 0. The van der Waals surface area contributed by atoms with Crippen molar-refractivity contribution in [3.63, 3.8) is 0 Å². The number of fused-ring (bicyclic) bond motifs is 3. The Bertz CT molecular complexity index is 437. The fraction of sp³-hybridized carbons (Fsp3) is 0.812. The Hall–Kier alpha value is -0.830. The maximum Gasteiger partial charge on any atom is 0.336 e. The van der Waals surface area contributed by atoms with Gasteiger partial charge in [0.05, 0.1) is 5.92 Å². The van der Waals surface area contributed by atoms with E-state index in [9.17, 15) is 4.79 Å². The van der Waals surface area contributed by atoms with E-state index in [1.54, 1.807) is 7.11 Å². The van der Waals surface area contributed by atoms with Gasteiger partial charge in [0.25, 0.3) is 0 Å². The molecule has 2 aliphatic carbocycles. The van der Waals surface area contributed by atoms with E-state index in [1.807, 2.05) is 0 Å². The molecule has 0 N–H and O–H groups in total. The van der Waals surface area contributed by atoms with E-state index >= 15 is 0 Å². The van der Waals surface area contributed by atoms with Gasteiger partial charge in [-0.1, -0.05) is 33.3 Å². The van der Waals surface area contributed by atoms with Crippen molar-refractivity contribution in [3.8, 4) is 0 Å². The second kappa shape index (κ2) is 4.08. The first kappa shape index (κ1) is 13.2. The van der Waals surface area contributed by atoms with Gasteiger partial charge in [-0.15, -0.1) is 0 Å². The smallest absolute Gasteiger partial charge is 0.336 e. The van der Waals surface area contributed by atoms with Crippen LogP contribution >= 0.6 is 0 Å². The summed E-state index contributed by atoms with van der Waals surface area (Å²) < 4.78 is 10.9. The number of hydrogen-bond donors (Lipinski definition) is 0. The molecule has 3 rings (SSSR count). The van der Waals surface area contributed by atoms with E-state index in [0.29, 0.717) is 11.3 Å². The third-order valence-electron chi connectivity index (χ3n) is 5.86. The molecule has 106 valence electrons. The molecule has 1 heterocycles. The Balaban J connectivity index is 2.05. The monoisotopic (exact) mass is 264 g/mol. The van der Waals surface area contributed by atoms with Crippen molar-refractivity contribution in [2.24, 2.45) is 22.7 Å². The highest BCUT2D eigenvalue weighted by Crippen LogP contribution is 2.62. The maximum absolute atomic E-state index is 12.0. The van der Waals surface area contributed by atoms with Crippen LogP contribution in [0, 0.1) is 22.7 Å². The SMILES string of the molecule is CO[C@@H]1OC(=O)C2=CC[C@H]3C(C)(C)CCC[C@]3(C)[C@H]21. The van der Waals surface area contributed by atoms with Gasteiger partial charge in [-0.05, 0) is 36.0 Å². The van der Waals surface area contributed by atoms with Gasteiger partial charge in [0.15, 0.2) is 0 Å². The Morgan fingerprint density at radius 2 is 2.05 bits per heavy atom. The predicted octanol–water partition coefficient (Wildman–Crippen LogP) is 3.29. The zero-order chi connectivity index (χ0) is 13.8. The van der Waals surface area contributed by atoms with E-state index in [0.717, 1.165) is 12.0 Å². The summed E-state index contributed by atoms with van der Waals surface area (Å²) in [5.41, 5.74) is 1.32. The summed E-state index contributed by atoms with van der Waals surface area (Å²) in [6.45, 7) is 7.07. The summed E-state index contributed by atoms with van der Waals surface area (Å²) in [5, 5.41) is 0. The fourth-order valence-electron chi connectivity index (χ4n) is 4.95. The first-order chi connectivity index (χ1) is 8.90. The molecule has 0 unspecified atom stereocenters. The predicted molar refractivity (Wildman–Crippen MR) is 72.3 cm³/mol. The molecule has 4 atom stereocenters. The lowest BCUT2D eigenvalue weighted by Crippen LogP contribution is -2.50. The second-order valence-electron chi connectivity index (χ2n) is 7.28. The minimum atomic E-state index is -0.388. The summed E-state index contributed by atoms with van der Waals surface area (Å²) in [6.07, 6.45) is 6.40. The molecule has 0 bridgehead atoms.